The zero-order chi connectivity index (χ0) is 16.4. The van der Waals surface area contributed by atoms with Crippen molar-refractivity contribution in [2.45, 2.75) is 50.1 Å². The summed E-state index contributed by atoms with van der Waals surface area (Å²) in [6.07, 6.45) is 4.79. The highest BCUT2D eigenvalue weighted by molar-refractivity contribution is 5.32. The van der Waals surface area contributed by atoms with E-state index in [2.05, 4.69) is 28.4 Å². The quantitative estimate of drug-likeness (QED) is 0.830. The zero-order valence-electron chi connectivity index (χ0n) is 14.4. The van der Waals surface area contributed by atoms with Gasteiger partial charge in [0.05, 0.1) is 26.4 Å². The molecule has 0 spiro atoms. The van der Waals surface area contributed by atoms with Crippen molar-refractivity contribution in [3.05, 3.63) is 29.8 Å². The summed E-state index contributed by atoms with van der Waals surface area (Å²) in [6.45, 7) is 3.58. The fraction of sp³-hybridized carbons (Fsp3) is 0.684. The number of hydrogen-bond acceptors (Lipinski definition) is 5. The number of likely N-dealkylation sites (tertiary alicyclic amines) is 1. The molecule has 5 nitrogen and oxygen atoms in total. The van der Waals surface area contributed by atoms with Crippen LogP contribution in [0.2, 0.25) is 0 Å². The number of nitrogens with one attached hydrogen (secondary N) is 1. The van der Waals surface area contributed by atoms with Gasteiger partial charge in [0.2, 0.25) is 0 Å². The van der Waals surface area contributed by atoms with E-state index in [1.54, 1.807) is 7.11 Å². The third kappa shape index (κ3) is 3.59. The largest absolute Gasteiger partial charge is 0.497 e. The Morgan fingerprint density at radius 3 is 2.79 bits per heavy atom. The molecule has 2 saturated heterocycles. The molecule has 1 aliphatic carbocycles. The monoisotopic (exact) mass is 332 g/mol. The van der Waals surface area contributed by atoms with E-state index in [4.69, 9.17) is 14.2 Å². The van der Waals surface area contributed by atoms with Gasteiger partial charge in [0.25, 0.3) is 0 Å². The topological polar surface area (TPSA) is 43.0 Å². The van der Waals surface area contributed by atoms with Gasteiger partial charge in [-0.1, -0.05) is 12.1 Å². The summed E-state index contributed by atoms with van der Waals surface area (Å²) in [7, 11) is 1.74. The zero-order valence-corrected chi connectivity index (χ0v) is 14.4. The Morgan fingerprint density at radius 1 is 1.21 bits per heavy atom. The Kier molecular flexibility index (Phi) is 5.03. The molecule has 24 heavy (non-hydrogen) atoms. The lowest BCUT2D eigenvalue weighted by Crippen LogP contribution is -2.38. The molecule has 1 saturated carbocycles. The van der Waals surface area contributed by atoms with Gasteiger partial charge in [-0.2, -0.15) is 0 Å². The first-order valence-electron chi connectivity index (χ1n) is 9.21. The molecule has 0 amide bonds. The summed E-state index contributed by atoms with van der Waals surface area (Å²) in [6, 6.07) is 10.3. The summed E-state index contributed by atoms with van der Waals surface area (Å²) in [4.78, 5) is 2.69. The summed E-state index contributed by atoms with van der Waals surface area (Å²) in [5, 5.41) is 3.76. The second-order valence-corrected chi connectivity index (χ2v) is 7.00. The predicted molar refractivity (Wildman–Crippen MR) is 92.2 cm³/mol. The number of benzene rings is 1. The molecule has 0 unspecified atom stereocenters. The molecule has 1 aromatic rings. The van der Waals surface area contributed by atoms with Crippen molar-refractivity contribution in [3.8, 4) is 5.75 Å². The molecule has 2 aliphatic heterocycles. The van der Waals surface area contributed by atoms with Crippen LogP contribution in [-0.4, -0.2) is 56.7 Å². The van der Waals surface area contributed by atoms with E-state index in [9.17, 15) is 0 Å². The minimum atomic E-state index is -0.0197. The SMILES string of the molecule is COc1cccc([C@@H]2[C@H](NCCC3OCCO3)CCN2C2CC2)c1. The van der Waals surface area contributed by atoms with Crippen LogP contribution in [0.15, 0.2) is 24.3 Å². The molecule has 3 aliphatic rings. The third-order valence-corrected chi connectivity index (χ3v) is 5.37. The summed E-state index contributed by atoms with van der Waals surface area (Å²) in [5.41, 5.74) is 1.37. The number of nitrogens with zero attached hydrogens (tertiary/aromatic N) is 1. The third-order valence-electron chi connectivity index (χ3n) is 5.37. The Balaban J connectivity index is 1.43. The second-order valence-electron chi connectivity index (χ2n) is 7.00. The van der Waals surface area contributed by atoms with Crippen LogP contribution in [0.3, 0.4) is 0 Å². The number of methoxy groups -OCH3 is 1. The highest BCUT2D eigenvalue weighted by Crippen LogP contribution is 2.41. The van der Waals surface area contributed by atoms with E-state index >= 15 is 0 Å². The van der Waals surface area contributed by atoms with Crippen LogP contribution in [0.4, 0.5) is 0 Å². The highest BCUT2D eigenvalue weighted by atomic mass is 16.7. The van der Waals surface area contributed by atoms with E-state index in [-0.39, 0.29) is 6.29 Å². The van der Waals surface area contributed by atoms with Gasteiger partial charge in [-0.05, 0) is 37.0 Å². The van der Waals surface area contributed by atoms with Gasteiger partial charge in [0.1, 0.15) is 5.75 Å². The molecule has 4 rings (SSSR count). The fourth-order valence-corrected chi connectivity index (χ4v) is 4.06. The van der Waals surface area contributed by atoms with Crippen molar-refractivity contribution in [3.63, 3.8) is 0 Å². The normalized spacial score (nSPS) is 28.5. The van der Waals surface area contributed by atoms with Crippen LogP contribution in [-0.2, 0) is 9.47 Å². The van der Waals surface area contributed by atoms with Crippen molar-refractivity contribution in [1.82, 2.24) is 10.2 Å². The number of ether oxygens (including phenoxy) is 3. The van der Waals surface area contributed by atoms with Crippen LogP contribution in [0.5, 0.6) is 5.75 Å². The molecule has 0 radical (unpaired) electrons. The molecular weight excluding hydrogens is 304 g/mol. The van der Waals surface area contributed by atoms with Crippen molar-refractivity contribution < 1.29 is 14.2 Å². The van der Waals surface area contributed by atoms with E-state index in [1.165, 1.54) is 31.4 Å². The molecule has 5 heteroatoms. The Hall–Kier alpha value is -1.14. The van der Waals surface area contributed by atoms with Gasteiger partial charge in [-0.3, -0.25) is 4.90 Å². The minimum Gasteiger partial charge on any atom is -0.497 e. The standard InChI is InChI=1S/C19H28N2O3/c1-22-16-4-2-3-14(13-16)19-17(8-10-21(19)15-5-6-15)20-9-7-18-23-11-12-24-18/h2-4,13,15,17-20H,5-12H2,1H3/t17-,19-/m1/s1. The van der Waals surface area contributed by atoms with Crippen molar-refractivity contribution in [1.29, 1.82) is 0 Å². The van der Waals surface area contributed by atoms with E-state index in [0.29, 0.717) is 12.1 Å². The van der Waals surface area contributed by atoms with Gasteiger partial charge in [-0.25, -0.2) is 0 Å². The Labute approximate surface area is 144 Å². The average molecular weight is 332 g/mol. The van der Waals surface area contributed by atoms with Crippen LogP contribution < -0.4 is 10.1 Å². The lowest BCUT2D eigenvalue weighted by molar-refractivity contribution is -0.0464. The molecule has 3 fully saturated rings. The van der Waals surface area contributed by atoms with Crippen molar-refractivity contribution >= 4 is 0 Å². The molecule has 132 valence electrons. The van der Waals surface area contributed by atoms with E-state index in [0.717, 1.165) is 38.0 Å². The van der Waals surface area contributed by atoms with Crippen LogP contribution in [0.25, 0.3) is 0 Å². The maximum atomic E-state index is 5.54. The van der Waals surface area contributed by atoms with Gasteiger partial charge < -0.3 is 19.5 Å². The molecule has 1 N–H and O–H groups in total. The predicted octanol–water partition coefficient (Wildman–Crippen LogP) is 2.33. The maximum Gasteiger partial charge on any atom is 0.159 e. The molecule has 2 heterocycles. The first kappa shape index (κ1) is 16.3. The molecule has 0 bridgehead atoms. The summed E-state index contributed by atoms with van der Waals surface area (Å²) < 4.78 is 16.5. The Bertz CT molecular complexity index is 543. The Morgan fingerprint density at radius 2 is 2.04 bits per heavy atom. The van der Waals surface area contributed by atoms with Gasteiger partial charge in [0.15, 0.2) is 6.29 Å². The van der Waals surface area contributed by atoms with Gasteiger partial charge >= 0.3 is 0 Å². The number of hydrogen-bond donors (Lipinski definition) is 1. The first-order chi connectivity index (χ1) is 11.8. The fourth-order valence-electron chi connectivity index (χ4n) is 4.06. The van der Waals surface area contributed by atoms with Crippen molar-refractivity contribution in [2.24, 2.45) is 0 Å². The molecule has 1 aromatic carbocycles. The molecule has 2 atom stereocenters. The molecule has 0 aromatic heterocycles. The second kappa shape index (κ2) is 7.40. The van der Waals surface area contributed by atoms with Gasteiger partial charge in [0, 0.05) is 31.6 Å². The van der Waals surface area contributed by atoms with Crippen LogP contribution in [0.1, 0.15) is 37.3 Å². The summed E-state index contributed by atoms with van der Waals surface area (Å²) in [5.74, 6) is 0.946. The maximum absolute atomic E-state index is 5.54. The smallest absolute Gasteiger partial charge is 0.159 e. The van der Waals surface area contributed by atoms with Crippen LogP contribution >= 0.6 is 0 Å². The molecular formula is C19H28N2O3. The van der Waals surface area contributed by atoms with Gasteiger partial charge in [-0.15, -0.1) is 0 Å². The van der Waals surface area contributed by atoms with E-state index in [1.807, 2.05) is 6.07 Å². The first-order valence-corrected chi connectivity index (χ1v) is 9.21. The van der Waals surface area contributed by atoms with Crippen molar-refractivity contribution in [2.75, 3.05) is 33.4 Å². The van der Waals surface area contributed by atoms with Crippen LogP contribution in [0, 0.1) is 0 Å². The average Bonchev–Trinajstić information content (AvgIpc) is 3.16. The number of rotatable bonds is 7. The minimum absolute atomic E-state index is 0.0197. The lowest BCUT2D eigenvalue weighted by atomic mass is 9.99. The lowest BCUT2D eigenvalue weighted by Gasteiger charge is -2.29. The van der Waals surface area contributed by atoms with E-state index < -0.39 is 0 Å². The summed E-state index contributed by atoms with van der Waals surface area (Å²) >= 11 is 0. The highest BCUT2D eigenvalue weighted by Gasteiger charge is 2.42.